The molecule has 1 aliphatic heterocycles. The Kier molecular flexibility index (Phi) is 5.53. The lowest BCUT2D eigenvalue weighted by Crippen LogP contribution is -2.15. The maximum atomic E-state index is 6.64. The molecule has 1 aliphatic carbocycles. The molecule has 6 aromatic carbocycles. The molecule has 228 valence electrons. The van der Waals surface area contributed by atoms with Gasteiger partial charge in [-0.1, -0.05) is 105 Å². The lowest BCUT2D eigenvalue weighted by molar-refractivity contribution is 0.361. The van der Waals surface area contributed by atoms with E-state index >= 15 is 0 Å². The predicted octanol–water partition coefficient (Wildman–Crippen LogP) is 11.0. The van der Waals surface area contributed by atoms with Crippen LogP contribution < -0.4 is 9.47 Å². The molecule has 6 nitrogen and oxygen atoms in total. The van der Waals surface area contributed by atoms with Crippen molar-refractivity contribution in [2.45, 2.75) is 19.3 Å². The van der Waals surface area contributed by atoms with E-state index in [2.05, 4.69) is 56.3 Å². The molecule has 2 aliphatic rings. The average molecular weight is 622 g/mol. The number of hydrogen-bond donors (Lipinski definition) is 0. The van der Waals surface area contributed by atoms with E-state index in [1.807, 2.05) is 84.9 Å². The third-order valence-electron chi connectivity index (χ3n) is 9.60. The van der Waals surface area contributed by atoms with Crippen LogP contribution in [0.5, 0.6) is 23.0 Å². The van der Waals surface area contributed by atoms with Crippen molar-refractivity contribution >= 4 is 21.9 Å². The average Bonchev–Trinajstić information content (AvgIpc) is 3.60. The molecule has 0 amide bonds. The van der Waals surface area contributed by atoms with Crippen LogP contribution in [0.25, 0.3) is 67.2 Å². The van der Waals surface area contributed by atoms with E-state index in [1.165, 1.54) is 22.3 Å². The highest BCUT2D eigenvalue weighted by molar-refractivity contribution is 6.06. The van der Waals surface area contributed by atoms with Crippen LogP contribution in [-0.2, 0) is 5.41 Å². The molecule has 0 spiro atoms. The van der Waals surface area contributed by atoms with Gasteiger partial charge in [-0.05, 0) is 52.6 Å². The first-order chi connectivity index (χ1) is 23.5. The number of nitrogens with zero attached hydrogens (tertiary/aromatic N) is 3. The topological polar surface area (TPSA) is 70.3 Å². The summed E-state index contributed by atoms with van der Waals surface area (Å²) in [7, 11) is 0. The number of rotatable bonds is 3. The molecule has 48 heavy (non-hydrogen) atoms. The summed E-state index contributed by atoms with van der Waals surface area (Å²) >= 11 is 0. The molecule has 0 saturated heterocycles. The lowest BCUT2D eigenvalue weighted by atomic mass is 9.82. The van der Waals surface area contributed by atoms with Crippen LogP contribution in [0, 0.1) is 0 Å². The summed E-state index contributed by atoms with van der Waals surface area (Å²) in [5.74, 6) is 4.01. The van der Waals surface area contributed by atoms with Gasteiger partial charge in [0.15, 0.2) is 40.5 Å². The van der Waals surface area contributed by atoms with Gasteiger partial charge in [-0.15, -0.1) is 0 Å². The van der Waals surface area contributed by atoms with Crippen LogP contribution in [0.4, 0.5) is 0 Å². The quantitative estimate of drug-likeness (QED) is 0.195. The number of hydrogen-bond acceptors (Lipinski definition) is 6. The summed E-state index contributed by atoms with van der Waals surface area (Å²) in [6, 6.07) is 42.9. The summed E-state index contributed by atoms with van der Waals surface area (Å²) in [4.78, 5) is 15.1. The Bertz CT molecular complexity index is 2610. The monoisotopic (exact) mass is 621 g/mol. The van der Waals surface area contributed by atoms with Crippen LogP contribution in [0.1, 0.15) is 25.0 Å². The fourth-order valence-corrected chi connectivity index (χ4v) is 7.18. The molecule has 0 bridgehead atoms. The first-order valence-corrected chi connectivity index (χ1v) is 16.0. The van der Waals surface area contributed by atoms with Gasteiger partial charge < -0.3 is 13.9 Å². The van der Waals surface area contributed by atoms with E-state index in [0.29, 0.717) is 46.0 Å². The minimum absolute atomic E-state index is 0.150. The highest BCUT2D eigenvalue weighted by atomic mass is 16.6. The third-order valence-corrected chi connectivity index (χ3v) is 9.60. The fraction of sp³-hybridized carbons (Fsp3) is 0.0714. The van der Waals surface area contributed by atoms with Crippen molar-refractivity contribution in [3.63, 3.8) is 0 Å². The van der Waals surface area contributed by atoms with Gasteiger partial charge in [-0.3, -0.25) is 0 Å². The van der Waals surface area contributed by atoms with Crippen LogP contribution >= 0.6 is 0 Å². The first kappa shape index (κ1) is 26.9. The fourth-order valence-electron chi connectivity index (χ4n) is 7.18. The van der Waals surface area contributed by atoms with Gasteiger partial charge in [0.05, 0.1) is 5.56 Å². The molecule has 8 aromatic rings. The second-order valence-electron chi connectivity index (χ2n) is 12.8. The van der Waals surface area contributed by atoms with E-state index in [0.717, 1.165) is 33.1 Å². The van der Waals surface area contributed by atoms with E-state index in [1.54, 1.807) is 0 Å². The number of benzene rings is 6. The Morgan fingerprint density at radius 2 is 1.17 bits per heavy atom. The van der Waals surface area contributed by atoms with Gasteiger partial charge in [0.2, 0.25) is 0 Å². The van der Waals surface area contributed by atoms with Crippen molar-refractivity contribution in [3.8, 4) is 68.3 Å². The van der Waals surface area contributed by atoms with Gasteiger partial charge in [-0.25, -0.2) is 15.0 Å². The largest absolute Gasteiger partial charge is 0.456 e. The third kappa shape index (κ3) is 3.96. The predicted molar refractivity (Wildman–Crippen MR) is 188 cm³/mol. The first-order valence-electron chi connectivity index (χ1n) is 16.0. The molecule has 0 N–H and O–H groups in total. The summed E-state index contributed by atoms with van der Waals surface area (Å²) in [6.45, 7) is 4.56. The SMILES string of the molecule is CC1(C)c2ccccc2-c2ccc(-c3nc(-c4ccccc4)nc(-c4cccc5c4Oc4cc6c(cc4O5)oc4ccccc46)n3)cc21. The highest BCUT2D eigenvalue weighted by Crippen LogP contribution is 2.52. The molecule has 0 saturated carbocycles. The second kappa shape index (κ2) is 9.86. The van der Waals surface area contributed by atoms with Crippen LogP contribution in [-0.4, -0.2) is 15.0 Å². The van der Waals surface area contributed by atoms with Crippen molar-refractivity contribution < 1.29 is 13.9 Å². The zero-order valence-corrected chi connectivity index (χ0v) is 26.2. The number of furan rings is 1. The summed E-state index contributed by atoms with van der Waals surface area (Å²) in [5, 5.41) is 1.98. The smallest absolute Gasteiger partial charge is 0.181 e. The Labute approximate surface area is 276 Å². The maximum absolute atomic E-state index is 6.64. The maximum Gasteiger partial charge on any atom is 0.181 e. The van der Waals surface area contributed by atoms with E-state index in [-0.39, 0.29) is 5.41 Å². The van der Waals surface area contributed by atoms with Crippen LogP contribution in [0.15, 0.2) is 132 Å². The second-order valence-corrected chi connectivity index (χ2v) is 12.8. The number of ether oxygens (including phenoxy) is 2. The minimum atomic E-state index is -0.150. The minimum Gasteiger partial charge on any atom is -0.456 e. The summed E-state index contributed by atoms with van der Waals surface area (Å²) in [5.41, 5.74) is 9.06. The molecule has 0 atom stereocenters. The normalized spacial score (nSPS) is 13.7. The molecule has 0 fully saturated rings. The molecule has 0 radical (unpaired) electrons. The zero-order chi connectivity index (χ0) is 32.0. The molecule has 6 heteroatoms. The Morgan fingerprint density at radius 3 is 2.06 bits per heavy atom. The van der Waals surface area contributed by atoms with Gasteiger partial charge >= 0.3 is 0 Å². The van der Waals surface area contributed by atoms with E-state index < -0.39 is 0 Å². The van der Waals surface area contributed by atoms with Gasteiger partial charge in [0.25, 0.3) is 0 Å². The molecular weight excluding hydrogens is 594 g/mol. The van der Waals surface area contributed by atoms with Gasteiger partial charge in [0.1, 0.15) is 11.2 Å². The standard InChI is InChI=1S/C42H27N3O3/c1-42(2)31-16-8-6-13-26(31)27-20-19-25(21-32(27)42)40-43-39(24-11-4-3-5-12-24)44-41(45-40)29-15-10-18-34-38(29)48-36-22-30-28-14-7-9-17-33(28)46-35(30)23-37(36)47-34/h3-23H,1-2H3. The van der Waals surface area contributed by atoms with Crippen LogP contribution in [0.3, 0.4) is 0 Å². The lowest BCUT2D eigenvalue weighted by Gasteiger charge is -2.23. The van der Waals surface area contributed by atoms with Crippen molar-refractivity contribution in [1.82, 2.24) is 15.0 Å². The van der Waals surface area contributed by atoms with E-state index in [9.17, 15) is 0 Å². The Balaban J connectivity index is 1.13. The molecule has 10 rings (SSSR count). The summed E-state index contributed by atoms with van der Waals surface area (Å²) < 4.78 is 19.2. The molecule has 2 aromatic heterocycles. The van der Waals surface area contributed by atoms with Crippen molar-refractivity contribution in [1.29, 1.82) is 0 Å². The van der Waals surface area contributed by atoms with Crippen molar-refractivity contribution in [3.05, 3.63) is 139 Å². The van der Waals surface area contributed by atoms with Gasteiger partial charge in [0, 0.05) is 33.4 Å². The summed E-state index contributed by atoms with van der Waals surface area (Å²) in [6.07, 6.45) is 0. The Morgan fingerprint density at radius 1 is 0.458 bits per heavy atom. The molecule has 0 unspecified atom stereocenters. The zero-order valence-electron chi connectivity index (χ0n) is 26.2. The van der Waals surface area contributed by atoms with Crippen LogP contribution in [0.2, 0.25) is 0 Å². The number of fused-ring (bicyclic) bond motifs is 8. The molecular formula is C42H27N3O3. The number of aromatic nitrogens is 3. The molecule has 3 heterocycles. The number of para-hydroxylation sites is 2. The van der Waals surface area contributed by atoms with Gasteiger partial charge in [-0.2, -0.15) is 0 Å². The van der Waals surface area contributed by atoms with Crippen molar-refractivity contribution in [2.24, 2.45) is 0 Å². The highest BCUT2D eigenvalue weighted by Gasteiger charge is 2.35. The Hall–Kier alpha value is -6.27. The van der Waals surface area contributed by atoms with Crippen molar-refractivity contribution in [2.75, 3.05) is 0 Å². The van der Waals surface area contributed by atoms with E-state index in [4.69, 9.17) is 28.8 Å².